The highest BCUT2D eigenvalue weighted by molar-refractivity contribution is 7.80. The average molecular weight is 239 g/mol. The van der Waals surface area contributed by atoms with Gasteiger partial charge in [-0.15, -0.1) is 5.10 Å². The monoisotopic (exact) mass is 239 g/mol. The first kappa shape index (κ1) is 11.5. The normalized spacial score (nSPS) is 15.6. The zero-order valence-electron chi connectivity index (χ0n) is 9.46. The molecule has 6 heteroatoms. The maximum Gasteiger partial charge on any atom is 0.0967 e. The van der Waals surface area contributed by atoms with Gasteiger partial charge in [-0.05, 0) is 12.8 Å². The lowest BCUT2D eigenvalue weighted by atomic mass is 10.3. The Hall–Kier alpha value is -1.01. The van der Waals surface area contributed by atoms with Gasteiger partial charge in [-0.1, -0.05) is 17.4 Å². The van der Waals surface area contributed by atoms with Crippen molar-refractivity contribution < 1.29 is 0 Å². The molecule has 1 saturated carbocycles. The number of nitrogens with zero attached hydrogens (tertiary/aromatic N) is 4. The molecule has 0 amide bonds. The quantitative estimate of drug-likeness (QED) is 0.731. The SMILES string of the molecule is Cn1cc(CN(CCC(N)=S)C2CC2)nn1. The van der Waals surface area contributed by atoms with Crippen LogP contribution in [0.15, 0.2) is 6.20 Å². The molecule has 0 aromatic carbocycles. The number of thiocarbonyl (C=S) groups is 1. The van der Waals surface area contributed by atoms with E-state index in [0.717, 1.165) is 25.2 Å². The van der Waals surface area contributed by atoms with E-state index in [0.29, 0.717) is 11.0 Å². The lowest BCUT2D eigenvalue weighted by Gasteiger charge is -2.20. The molecule has 16 heavy (non-hydrogen) atoms. The van der Waals surface area contributed by atoms with Crippen molar-refractivity contribution in [3.05, 3.63) is 11.9 Å². The van der Waals surface area contributed by atoms with Gasteiger partial charge in [-0.3, -0.25) is 9.58 Å². The van der Waals surface area contributed by atoms with Crippen LogP contribution in [0.25, 0.3) is 0 Å². The predicted octanol–water partition coefficient (Wildman–Crippen LogP) is 0.456. The molecule has 1 aromatic heterocycles. The zero-order chi connectivity index (χ0) is 11.5. The molecule has 0 aliphatic heterocycles. The van der Waals surface area contributed by atoms with E-state index in [-0.39, 0.29) is 0 Å². The third-order valence-electron chi connectivity index (χ3n) is 2.72. The van der Waals surface area contributed by atoms with Crippen LogP contribution in [0.2, 0.25) is 0 Å². The molecule has 1 aromatic rings. The third-order valence-corrected chi connectivity index (χ3v) is 2.93. The second-order valence-corrected chi connectivity index (χ2v) is 4.83. The van der Waals surface area contributed by atoms with Crippen molar-refractivity contribution in [3.8, 4) is 0 Å². The van der Waals surface area contributed by atoms with Crippen LogP contribution in [0.1, 0.15) is 25.0 Å². The van der Waals surface area contributed by atoms with Gasteiger partial charge < -0.3 is 5.73 Å². The summed E-state index contributed by atoms with van der Waals surface area (Å²) in [6, 6.07) is 0.691. The van der Waals surface area contributed by atoms with Gasteiger partial charge >= 0.3 is 0 Å². The minimum absolute atomic E-state index is 0.588. The molecule has 0 bridgehead atoms. The first-order valence-electron chi connectivity index (χ1n) is 5.52. The minimum Gasteiger partial charge on any atom is -0.393 e. The minimum atomic E-state index is 0.588. The molecule has 1 fully saturated rings. The molecule has 88 valence electrons. The van der Waals surface area contributed by atoms with Crippen LogP contribution in [-0.4, -0.2) is 37.5 Å². The zero-order valence-corrected chi connectivity index (χ0v) is 10.3. The summed E-state index contributed by atoms with van der Waals surface area (Å²) in [7, 11) is 1.88. The Morgan fingerprint density at radius 2 is 2.44 bits per heavy atom. The topological polar surface area (TPSA) is 60.0 Å². The van der Waals surface area contributed by atoms with Crippen LogP contribution in [0.3, 0.4) is 0 Å². The second-order valence-electron chi connectivity index (χ2n) is 4.30. The molecule has 0 unspecified atom stereocenters. The predicted molar refractivity (Wildman–Crippen MR) is 65.8 cm³/mol. The van der Waals surface area contributed by atoms with Crippen LogP contribution < -0.4 is 5.73 Å². The van der Waals surface area contributed by atoms with E-state index in [1.165, 1.54) is 12.8 Å². The summed E-state index contributed by atoms with van der Waals surface area (Å²) in [6.45, 7) is 1.78. The van der Waals surface area contributed by atoms with Gasteiger partial charge in [0, 0.05) is 38.8 Å². The van der Waals surface area contributed by atoms with Crippen LogP contribution in [0.4, 0.5) is 0 Å². The summed E-state index contributed by atoms with van der Waals surface area (Å²) >= 11 is 4.91. The van der Waals surface area contributed by atoms with Crippen molar-refractivity contribution in [2.45, 2.75) is 31.8 Å². The maximum atomic E-state index is 5.53. The fourth-order valence-corrected chi connectivity index (χ4v) is 1.85. The highest BCUT2D eigenvalue weighted by Gasteiger charge is 2.29. The highest BCUT2D eigenvalue weighted by Crippen LogP contribution is 2.27. The Balaban J connectivity index is 1.89. The van der Waals surface area contributed by atoms with E-state index in [1.54, 1.807) is 4.68 Å². The largest absolute Gasteiger partial charge is 0.393 e. The molecular weight excluding hydrogens is 222 g/mol. The second kappa shape index (κ2) is 4.88. The molecule has 1 aliphatic carbocycles. The Kier molecular flexibility index (Phi) is 3.50. The number of nitrogens with two attached hydrogens (primary N) is 1. The lowest BCUT2D eigenvalue weighted by Crippen LogP contribution is -2.29. The number of hydrogen-bond acceptors (Lipinski definition) is 4. The van der Waals surface area contributed by atoms with Gasteiger partial charge in [0.15, 0.2) is 0 Å². The molecule has 1 heterocycles. The number of hydrogen-bond donors (Lipinski definition) is 1. The Morgan fingerprint density at radius 3 is 2.94 bits per heavy atom. The molecule has 0 saturated heterocycles. The molecule has 1 aliphatic rings. The summed E-state index contributed by atoms with van der Waals surface area (Å²) in [6.07, 6.45) is 5.29. The van der Waals surface area contributed by atoms with Crippen molar-refractivity contribution in [3.63, 3.8) is 0 Å². The van der Waals surface area contributed by atoms with E-state index >= 15 is 0 Å². The Morgan fingerprint density at radius 1 is 1.69 bits per heavy atom. The van der Waals surface area contributed by atoms with Crippen LogP contribution >= 0.6 is 12.2 Å². The standard InChI is InChI=1S/C10H17N5S/c1-14-6-8(12-13-14)7-15(9-2-3-9)5-4-10(11)16/h6,9H,2-5,7H2,1H3,(H2,11,16). The van der Waals surface area contributed by atoms with Crippen molar-refractivity contribution in [1.82, 2.24) is 19.9 Å². The van der Waals surface area contributed by atoms with Crippen molar-refractivity contribution >= 4 is 17.2 Å². The molecular formula is C10H17N5S. The number of rotatable bonds is 6. The molecule has 2 N–H and O–H groups in total. The van der Waals surface area contributed by atoms with E-state index in [9.17, 15) is 0 Å². The first-order chi connectivity index (χ1) is 7.65. The summed E-state index contributed by atoms with van der Waals surface area (Å²) in [5.74, 6) is 0. The summed E-state index contributed by atoms with van der Waals surface area (Å²) in [4.78, 5) is 2.98. The van der Waals surface area contributed by atoms with E-state index < -0.39 is 0 Å². The Labute approximate surface area is 101 Å². The van der Waals surface area contributed by atoms with Gasteiger partial charge in [-0.2, -0.15) is 0 Å². The fraction of sp³-hybridized carbons (Fsp3) is 0.700. The smallest absolute Gasteiger partial charge is 0.0967 e. The summed E-state index contributed by atoms with van der Waals surface area (Å²) < 4.78 is 1.73. The molecule has 2 rings (SSSR count). The van der Waals surface area contributed by atoms with Crippen LogP contribution in [-0.2, 0) is 13.6 Å². The van der Waals surface area contributed by atoms with Crippen LogP contribution in [0.5, 0.6) is 0 Å². The van der Waals surface area contributed by atoms with E-state index in [1.807, 2.05) is 13.2 Å². The first-order valence-corrected chi connectivity index (χ1v) is 5.93. The van der Waals surface area contributed by atoms with Gasteiger partial charge in [-0.25, -0.2) is 0 Å². The molecule has 0 radical (unpaired) electrons. The van der Waals surface area contributed by atoms with Crippen molar-refractivity contribution in [1.29, 1.82) is 0 Å². The van der Waals surface area contributed by atoms with E-state index in [4.69, 9.17) is 18.0 Å². The lowest BCUT2D eigenvalue weighted by molar-refractivity contribution is 0.259. The highest BCUT2D eigenvalue weighted by atomic mass is 32.1. The maximum absolute atomic E-state index is 5.53. The number of aromatic nitrogens is 3. The van der Waals surface area contributed by atoms with Gasteiger partial charge in [0.25, 0.3) is 0 Å². The Bertz CT molecular complexity index is 371. The fourth-order valence-electron chi connectivity index (χ4n) is 1.76. The molecule has 0 spiro atoms. The van der Waals surface area contributed by atoms with Gasteiger partial charge in [0.2, 0.25) is 0 Å². The van der Waals surface area contributed by atoms with Gasteiger partial charge in [0.05, 0.1) is 10.7 Å². The summed E-state index contributed by atoms with van der Waals surface area (Å²) in [5.41, 5.74) is 6.54. The average Bonchev–Trinajstić information content (AvgIpc) is 2.98. The van der Waals surface area contributed by atoms with Crippen molar-refractivity contribution in [2.24, 2.45) is 12.8 Å². The van der Waals surface area contributed by atoms with Crippen molar-refractivity contribution in [2.75, 3.05) is 6.54 Å². The molecule has 0 atom stereocenters. The number of aryl methyl sites for hydroxylation is 1. The summed E-state index contributed by atoms with van der Waals surface area (Å²) in [5, 5.41) is 8.03. The van der Waals surface area contributed by atoms with Crippen LogP contribution in [0, 0.1) is 0 Å². The van der Waals surface area contributed by atoms with Gasteiger partial charge in [0.1, 0.15) is 0 Å². The van der Waals surface area contributed by atoms with E-state index in [2.05, 4.69) is 15.2 Å². The molecule has 5 nitrogen and oxygen atoms in total. The third kappa shape index (κ3) is 3.24.